The van der Waals surface area contributed by atoms with Gasteiger partial charge >= 0.3 is 11.9 Å². The zero-order valence-electron chi connectivity index (χ0n) is 20.4. The number of rotatable bonds is 3. The van der Waals surface area contributed by atoms with E-state index in [4.69, 9.17) is 9.47 Å². The van der Waals surface area contributed by atoms with Crippen molar-refractivity contribution in [3.8, 4) is 0 Å². The molecule has 2 aromatic rings. The van der Waals surface area contributed by atoms with Gasteiger partial charge in [-0.15, -0.1) is 0 Å². The van der Waals surface area contributed by atoms with Crippen molar-refractivity contribution in [3.63, 3.8) is 0 Å². The summed E-state index contributed by atoms with van der Waals surface area (Å²) >= 11 is 0. The van der Waals surface area contributed by atoms with E-state index in [0.29, 0.717) is 17.8 Å². The standard InChI is InChI=1S/C29H29NO6/c1-15(31)35-25-13-22-27-16(10-21-23(32)11-18(28(33)34)12-24(21)36-27)6-8-29(22,2)26(25)20-5-3-4-17-14-30-9-7-19(17)20/h3-5,7,9-10,14,18,22,25-27H,6,8,11-13H2,1-2H3,(H,33,34)/t18?,22-,25?,26-,27+,29-/m0/s1. The number of aromatic nitrogens is 1. The van der Waals surface area contributed by atoms with Crippen molar-refractivity contribution in [2.75, 3.05) is 0 Å². The van der Waals surface area contributed by atoms with E-state index >= 15 is 0 Å². The van der Waals surface area contributed by atoms with Crippen LogP contribution in [0.4, 0.5) is 0 Å². The molecule has 0 spiro atoms. The lowest BCUT2D eigenvalue weighted by molar-refractivity contribution is -0.147. The molecule has 0 bridgehead atoms. The minimum absolute atomic E-state index is 0.0135. The first-order chi connectivity index (χ1) is 17.3. The number of esters is 1. The number of Topliss-reactive ketones (excluding diaryl/α,β-unsaturated/α-hetero) is 1. The summed E-state index contributed by atoms with van der Waals surface area (Å²) in [7, 11) is 0. The number of ketones is 1. The lowest BCUT2D eigenvalue weighted by atomic mass is 9.60. The van der Waals surface area contributed by atoms with Crippen molar-refractivity contribution in [1.82, 2.24) is 4.98 Å². The third-order valence-corrected chi connectivity index (χ3v) is 8.88. The molecule has 4 aliphatic rings. The monoisotopic (exact) mass is 487 g/mol. The van der Waals surface area contributed by atoms with Gasteiger partial charge in [0.05, 0.1) is 11.5 Å². The Morgan fingerprint density at radius 2 is 2.06 bits per heavy atom. The van der Waals surface area contributed by atoms with Gasteiger partial charge in [-0.2, -0.15) is 0 Å². The highest BCUT2D eigenvalue weighted by Crippen LogP contribution is 2.63. The van der Waals surface area contributed by atoms with Gasteiger partial charge in [0.2, 0.25) is 0 Å². The number of carbonyl (C=O) groups is 3. The summed E-state index contributed by atoms with van der Waals surface area (Å²) in [5, 5.41) is 11.7. The summed E-state index contributed by atoms with van der Waals surface area (Å²) in [6.45, 7) is 3.72. The number of hydrogen-bond donors (Lipinski definition) is 1. The van der Waals surface area contributed by atoms with E-state index in [0.717, 1.165) is 34.8 Å². The van der Waals surface area contributed by atoms with E-state index in [-0.39, 0.29) is 54.1 Å². The van der Waals surface area contributed by atoms with Crippen LogP contribution in [-0.4, -0.2) is 40.0 Å². The van der Waals surface area contributed by atoms with Crippen molar-refractivity contribution in [3.05, 3.63) is 65.2 Å². The van der Waals surface area contributed by atoms with E-state index < -0.39 is 11.9 Å². The fourth-order valence-electron chi connectivity index (χ4n) is 7.23. The van der Waals surface area contributed by atoms with Crippen LogP contribution in [-0.2, 0) is 23.9 Å². The van der Waals surface area contributed by atoms with Crippen molar-refractivity contribution >= 4 is 28.5 Å². The molecule has 0 saturated heterocycles. The molecule has 2 unspecified atom stereocenters. The van der Waals surface area contributed by atoms with Crippen molar-refractivity contribution in [2.24, 2.45) is 17.3 Å². The summed E-state index contributed by atoms with van der Waals surface area (Å²) in [6, 6.07) is 8.22. The highest BCUT2D eigenvalue weighted by Gasteiger charge is 2.60. The zero-order valence-corrected chi connectivity index (χ0v) is 20.4. The maximum absolute atomic E-state index is 12.7. The van der Waals surface area contributed by atoms with Crippen LogP contribution in [0.3, 0.4) is 0 Å². The second-order valence-corrected chi connectivity index (χ2v) is 10.9. The number of carboxylic acids is 1. The lowest BCUT2D eigenvalue weighted by Gasteiger charge is -2.48. The molecule has 2 fully saturated rings. The topological polar surface area (TPSA) is 103 Å². The van der Waals surface area contributed by atoms with Crippen LogP contribution in [0.25, 0.3) is 10.8 Å². The predicted octanol–water partition coefficient (Wildman–Crippen LogP) is 4.71. The van der Waals surface area contributed by atoms with Gasteiger partial charge in [0.25, 0.3) is 0 Å². The molecule has 7 nitrogen and oxygen atoms in total. The van der Waals surface area contributed by atoms with Gasteiger partial charge in [0, 0.05) is 49.4 Å². The molecule has 0 radical (unpaired) electrons. The zero-order chi connectivity index (χ0) is 25.2. The summed E-state index contributed by atoms with van der Waals surface area (Å²) < 4.78 is 12.5. The average molecular weight is 488 g/mol. The molecule has 2 saturated carbocycles. The number of aliphatic carboxylic acids is 1. The third-order valence-electron chi connectivity index (χ3n) is 8.88. The second kappa shape index (κ2) is 8.29. The summed E-state index contributed by atoms with van der Waals surface area (Å²) in [5.74, 6) is -1.66. The predicted molar refractivity (Wildman–Crippen MR) is 131 cm³/mol. The van der Waals surface area contributed by atoms with Crippen LogP contribution >= 0.6 is 0 Å². The Morgan fingerprint density at radius 3 is 2.83 bits per heavy atom. The van der Waals surface area contributed by atoms with E-state index in [1.54, 1.807) is 6.20 Å². The smallest absolute Gasteiger partial charge is 0.307 e. The van der Waals surface area contributed by atoms with E-state index in [9.17, 15) is 19.5 Å². The normalized spacial score (nSPS) is 33.2. The number of nitrogens with zero attached hydrogens (tertiary/aromatic N) is 1. The van der Waals surface area contributed by atoms with Gasteiger partial charge in [-0.1, -0.05) is 25.1 Å². The molecule has 0 amide bonds. The van der Waals surface area contributed by atoms with E-state index in [1.807, 2.05) is 30.5 Å². The molecule has 6 rings (SSSR count). The number of benzene rings is 1. The van der Waals surface area contributed by atoms with Crippen LogP contribution in [0.5, 0.6) is 0 Å². The molecule has 36 heavy (non-hydrogen) atoms. The Kier molecular flexibility index (Phi) is 5.28. The van der Waals surface area contributed by atoms with Crippen molar-refractivity contribution in [2.45, 2.75) is 64.1 Å². The van der Waals surface area contributed by atoms with Gasteiger partial charge in [-0.25, -0.2) is 0 Å². The Balaban J connectivity index is 1.41. The number of fused-ring (bicyclic) bond motifs is 4. The van der Waals surface area contributed by atoms with Gasteiger partial charge < -0.3 is 14.6 Å². The minimum Gasteiger partial charge on any atom is -0.489 e. The first-order valence-corrected chi connectivity index (χ1v) is 12.6. The highest BCUT2D eigenvalue weighted by atomic mass is 16.5. The first-order valence-electron chi connectivity index (χ1n) is 12.6. The van der Waals surface area contributed by atoms with Gasteiger partial charge in [-0.3, -0.25) is 19.4 Å². The number of carbonyl (C=O) groups excluding carboxylic acids is 2. The highest BCUT2D eigenvalue weighted by molar-refractivity contribution is 6.02. The fraction of sp³-hybridized carbons (Fsp3) is 0.448. The van der Waals surface area contributed by atoms with Crippen molar-refractivity contribution in [1.29, 1.82) is 0 Å². The molecule has 2 heterocycles. The Labute approximate surface area is 209 Å². The largest absolute Gasteiger partial charge is 0.489 e. The van der Waals surface area contributed by atoms with Crippen LogP contribution in [0.2, 0.25) is 0 Å². The molecule has 3 aliphatic carbocycles. The van der Waals surface area contributed by atoms with Gasteiger partial charge in [-0.05, 0) is 53.3 Å². The molecule has 6 atom stereocenters. The van der Waals surface area contributed by atoms with Crippen LogP contribution in [0, 0.1) is 17.3 Å². The molecular weight excluding hydrogens is 458 g/mol. The summed E-state index contributed by atoms with van der Waals surface area (Å²) in [6.07, 6.45) is 7.57. The van der Waals surface area contributed by atoms with Crippen LogP contribution in [0.15, 0.2) is 59.6 Å². The maximum Gasteiger partial charge on any atom is 0.307 e. The Hall–Kier alpha value is -3.48. The summed E-state index contributed by atoms with van der Waals surface area (Å²) in [5.41, 5.74) is 2.55. The first kappa shape index (κ1) is 23.0. The lowest BCUT2D eigenvalue weighted by Crippen LogP contribution is -2.44. The molecule has 186 valence electrons. The molecular formula is C29H29NO6. The number of allylic oxidation sites excluding steroid dienone is 3. The van der Waals surface area contributed by atoms with Crippen LogP contribution < -0.4 is 0 Å². The van der Waals surface area contributed by atoms with Crippen LogP contribution in [0.1, 0.15) is 57.4 Å². The molecule has 7 heteroatoms. The molecule has 1 aliphatic heterocycles. The average Bonchev–Trinajstić information content (AvgIpc) is 3.14. The van der Waals surface area contributed by atoms with Gasteiger partial charge in [0.1, 0.15) is 18.0 Å². The quantitative estimate of drug-likeness (QED) is 0.625. The van der Waals surface area contributed by atoms with Crippen molar-refractivity contribution < 1.29 is 29.0 Å². The Bertz CT molecular complexity index is 1350. The molecule has 1 aromatic carbocycles. The number of pyridine rings is 1. The second-order valence-electron chi connectivity index (χ2n) is 10.9. The molecule has 1 N–H and O–H groups in total. The molecule has 1 aromatic heterocycles. The fourth-order valence-corrected chi connectivity index (χ4v) is 7.23. The van der Waals surface area contributed by atoms with E-state index in [1.165, 1.54) is 6.92 Å². The SMILES string of the molecule is CC(=O)OC1C[C@H]2[C@@H]3OC4=C(C=C3CC[C@]2(C)[C@H]1c1cccc2cnccc12)C(=O)CC(C(=O)O)C4. The third kappa shape index (κ3) is 3.47. The maximum atomic E-state index is 12.7. The Morgan fingerprint density at radius 1 is 1.22 bits per heavy atom. The number of ether oxygens (including phenoxy) is 2. The minimum atomic E-state index is -0.969. The van der Waals surface area contributed by atoms with Gasteiger partial charge in [0.15, 0.2) is 5.78 Å². The number of hydrogen-bond acceptors (Lipinski definition) is 6. The van der Waals surface area contributed by atoms with E-state index in [2.05, 4.69) is 18.0 Å². The summed E-state index contributed by atoms with van der Waals surface area (Å²) in [4.78, 5) is 40.8. The number of carboxylic acid groups (broad SMARTS) is 1.